The Labute approximate surface area is 161 Å². The Hall–Kier alpha value is -3.61. The third-order valence-electron chi connectivity index (χ3n) is 4.27. The molecule has 0 bridgehead atoms. The van der Waals surface area contributed by atoms with Gasteiger partial charge in [0.15, 0.2) is 6.61 Å². The predicted molar refractivity (Wildman–Crippen MR) is 106 cm³/mol. The summed E-state index contributed by atoms with van der Waals surface area (Å²) in [6.07, 6.45) is 1.71. The molecule has 0 fully saturated rings. The van der Waals surface area contributed by atoms with E-state index in [-0.39, 0.29) is 18.1 Å². The molecule has 2 aromatic carbocycles. The molecule has 144 valence electrons. The molecule has 3 aromatic rings. The third kappa shape index (κ3) is 4.03. The van der Waals surface area contributed by atoms with E-state index in [4.69, 9.17) is 4.74 Å². The van der Waals surface area contributed by atoms with Gasteiger partial charge < -0.3 is 19.4 Å². The Morgan fingerprint density at radius 3 is 2.46 bits per heavy atom. The summed E-state index contributed by atoms with van der Waals surface area (Å²) in [5.74, 6) is -0.335. The first kappa shape index (κ1) is 19.2. The molecule has 0 atom stereocenters. The van der Waals surface area contributed by atoms with Crippen molar-refractivity contribution in [1.29, 1.82) is 0 Å². The lowest BCUT2D eigenvalue weighted by atomic mass is 10.1. The van der Waals surface area contributed by atoms with E-state index in [0.29, 0.717) is 34.3 Å². The van der Waals surface area contributed by atoms with Gasteiger partial charge in [-0.2, -0.15) is 0 Å². The van der Waals surface area contributed by atoms with E-state index in [1.54, 1.807) is 59.3 Å². The van der Waals surface area contributed by atoms with Crippen LogP contribution in [0.25, 0.3) is 10.8 Å². The quantitative estimate of drug-likeness (QED) is 0.665. The van der Waals surface area contributed by atoms with E-state index in [1.807, 2.05) is 6.92 Å². The van der Waals surface area contributed by atoms with Gasteiger partial charge in [-0.25, -0.2) is 4.79 Å². The minimum Gasteiger partial charge on any atom is -0.483 e. The second kappa shape index (κ2) is 8.39. The monoisotopic (exact) mass is 380 g/mol. The number of nitrogens with zero attached hydrogens (tertiary/aromatic N) is 1. The van der Waals surface area contributed by atoms with Crippen molar-refractivity contribution in [2.75, 3.05) is 19.0 Å². The van der Waals surface area contributed by atoms with Gasteiger partial charge in [0.1, 0.15) is 5.75 Å². The first-order valence-electron chi connectivity index (χ1n) is 8.76. The number of rotatable bonds is 6. The summed E-state index contributed by atoms with van der Waals surface area (Å²) in [6, 6.07) is 13.3. The van der Waals surface area contributed by atoms with Crippen molar-refractivity contribution in [3.8, 4) is 5.75 Å². The van der Waals surface area contributed by atoms with Gasteiger partial charge in [-0.1, -0.05) is 6.07 Å². The van der Waals surface area contributed by atoms with Crippen LogP contribution in [0.4, 0.5) is 5.69 Å². The highest BCUT2D eigenvalue weighted by Crippen LogP contribution is 2.23. The van der Waals surface area contributed by atoms with Crippen molar-refractivity contribution in [1.82, 2.24) is 4.57 Å². The summed E-state index contributed by atoms with van der Waals surface area (Å²) in [4.78, 5) is 36.0. The Morgan fingerprint density at radius 2 is 1.79 bits per heavy atom. The smallest absolute Gasteiger partial charge is 0.337 e. The zero-order valence-electron chi connectivity index (χ0n) is 15.6. The molecular weight excluding hydrogens is 360 g/mol. The lowest BCUT2D eigenvalue weighted by Crippen LogP contribution is -2.21. The lowest BCUT2D eigenvalue weighted by Gasteiger charge is -2.11. The average molecular weight is 380 g/mol. The van der Waals surface area contributed by atoms with Crippen LogP contribution in [-0.4, -0.2) is 30.2 Å². The van der Waals surface area contributed by atoms with Gasteiger partial charge in [0.05, 0.1) is 18.1 Å². The zero-order chi connectivity index (χ0) is 20.1. The number of pyridine rings is 1. The molecule has 7 heteroatoms. The van der Waals surface area contributed by atoms with Crippen LogP contribution in [0.5, 0.6) is 5.75 Å². The fraction of sp³-hybridized carbons (Fsp3) is 0.190. The molecule has 0 saturated carbocycles. The van der Waals surface area contributed by atoms with E-state index in [0.717, 1.165) is 0 Å². The number of anilines is 1. The number of aromatic nitrogens is 1. The van der Waals surface area contributed by atoms with E-state index < -0.39 is 5.97 Å². The number of carbonyl (C=O) groups is 2. The number of benzene rings is 2. The summed E-state index contributed by atoms with van der Waals surface area (Å²) in [5, 5.41) is 3.89. The highest BCUT2D eigenvalue weighted by atomic mass is 16.5. The summed E-state index contributed by atoms with van der Waals surface area (Å²) in [7, 11) is 1.31. The molecule has 0 saturated heterocycles. The number of amides is 1. The van der Waals surface area contributed by atoms with E-state index in [1.165, 1.54) is 7.11 Å². The summed E-state index contributed by atoms with van der Waals surface area (Å²) in [5.41, 5.74) is 0.829. The highest BCUT2D eigenvalue weighted by molar-refractivity contribution is 5.94. The van der Waals surface area contributed by atoms with Crippen molar-refractivity contribution in [2.45, 2.75) is 13.5 Å². The fourth-order valence-corrected chi connectivity index (χ4v) is 2.81. The number of ether oxygens (including phenoxy) is 2. The molecule has 0 aliphatic rings. The first-order valence-corrected chi connectivity index (χ1v) is 8.76. The van der Waals surface area contributed by atoms with Crippen LogP contribution in [0, 0.1) is 0 Å². The van der Waals surface area contributed by atoms with Crippen LogP contribution >= 0.6 is 0 Å². The minimum atomic E-state index is -0.445. The maximum atomic E-state index is 12.4. The summed E-state index contributed by atoms with van der Waals surface area (Å²) < 4.78 is 11.9. The number of fused-ring (bicyclic) bond motifs is 1. The van der Waals surface area contributed by atoms with Gasteiger partial charge >= 0.3 is 5.97 Å². The number of esters is 1. The molecule has 0 aliphatic carbocycles. The maximum absolute atomic E-state index is 12.4. The Kier molecular flexibility index (Phi) is 5.74. The summed E-state index contributed by atoms with van der Waals surface area (Å²) in [6.45, 7) is 2.27. The average Bonchev–Trinajstić information content (AvgIpc) is 2.72. The van der Waals surface area contributed by atoms with Crippen molar-refractivity contribution >= 4 is 28.3 Å². The van der Waals surface area contributed by atoms with Gasteiger partial charge in [0.2, 0.25) is 0 Å². The summed E-state index contributed by atoms with van der Waals surface area (Å²) >= 11 is 0. The van der Waals surface area contributed by atoms with Crippen molar-refractivity contribution in [3.63, 3.8) is 0 Å². The second-order valence-corrected chi connectivity index (χ2v) is 6.03. The molecule has 7 nitrogen and oxygen atoms in total. The van der Waals surface area contributed by atoms with Crippen molar-refractivity contribution in [2.24, 2.45) is 0 Å². The van der Waals surface area contributed by atoms with Gasteiger partial charge in [0, 0.05) is 23.8 Å². The van der Waals surface area contributed by atoms with E-state index >= 15 is 0 Å². The van der Waals surface area contributed by atoms with Gasteiger partial charge in [0.25, 0.3) is 11.5 Å². The van der Waals surface area contributed by atoms with Crippen LogP contribution in [0.2, 0.25) is 0 Å². The molecule has 1 heterocycles. The number of carbonyl (C=O) groups excluding carboxylic acids is 2. The van der Waals surface area contributed by atoms with E-state index in [2.05, 4.69) is 10.1 Å². The molecule has 3 rings (SSSR count). The van der Waals surface area contributed by atoms with Gasteiger partial charge in [-0.3, -0.25) is 9.59 Å². The second-order valence-electron chi connectivity index (χ2n) is 6.03. The topological polar surface area (TPSA) is 86.6 Å². The van der Waals surface area contributed by atoms with E-state index in [9.17, 15) is 14.4 Å². The molecule has 0 unspecified atom stereocenters. The van der Waals surface area contributed by atoms with Crippen LogP contribution < -0.4 is 15.6 Å². The highest BCUT2D eigenvalue weighted by Gasteiger charge is 2.10. The molecule has 28 heavy (non-hydrogen) atoms. The molecule has 1 N–H and O–H groups in total. The van der Waals surface area contributed by atoms with Gasteiger partial charge in [-0.15, -0.1) is 0 Å². The Bertz CT molecular complexity index is 1070. The van der Waals surface area contributed by atoms with Crippen molar-refractivity contribution < 1.29 is 19.1 Å². The zero-order valence-corrected chi connectivity index (χ0v) is 15.6. The Balaban J connectivity index is 1.69. The number of nitrogens with one attached hydrogen (secondary N) is 1. The normalized spacial score (nSPS) is 10.5. The standard InChI is InChI=1S/C21H20N2O5/c1-3-23-12-11-16-17(20(23)25)5-4-6-18(16)28-13-19(24)22-15-9-7-14(8-10-15)21(26)27-2/h4-12H,3,13H2,1-2H3,(H,22,24). The van der Waals surface area contributed by atoms with Crippen LogP contribution in [0.3, 0.4) is 0 Å². The maximum Gasteiger partial charge on any atom is 0.337 e. The molecule has 0 spiro atoms. The molecule has 1 amide bonds. The van der Waals surface area contributed by atoms with Crippen LogP contribution in [0.1, 0.15) is 17.3 Å². The number of aryl methyl sites for hydroxylation is 1. The van der Waals surface area contributed by atoms with Crippen LogP contribution in [0.15, 0.2) is 59.5 Å². The molecule has 0 aliphatic heterocycles. The largest absolute Gasteiger partial charge is 0.483 e. The number of hydrogen-bond donors (Lipinski definition) is 1. The lowest BCUT2D eigenvalue weighted by molar-refractivity contribution is -0.118. The SMILES string of the molecule is CCn1ccc2c(OCC(=O)Nc3ccc(C(=O)OC)cc3)cccc2c1=O. The number of methoxy groups -OCH3 is 1. The minimum absolute atomic E-state index is 0.0967. The van der Waals surface area contributed by atoms with Gasteiger partial charge in [-0.05, 0) is 49.4 Å². The number of hydrogen-bond acceptors (Lipinski definition) is 5. The first-order chi connectivity index (χ1) is 13.5. The molecular formula is C21H20N2O5. The van der Waals surface area contributed by atoms with Crippen LogP contribution in [-0.2, 0) is 16.1 Å². The predicted octanol–water partition coefficient (Wildman–Crippen LogP) is 2.83. The van der Waals surface area contributed by atoms with Crippen molar-refractivity contribution in [3.05, 3.63) is 70.6 Å². The fourth-order valence-electron chi connectivity index (χ4n) is 2.81. The third-order valence-corrected chi connectivity index (χ3v) is 4.27. The molecule has 0 radical (unpaired) electrons. The molecule has 1 aromatic heterocycles. The Morgan fingerprint density at radius 1 is 1.04 bits per heavy atom.